The van der Waals surface area contributed by atoms with Crippen LogP contribution in [0.15, 0.2) is 78.5 Å². The van der Waals surface area contributed by atoms with Crippen LogP contribution in [0.2, 0.25) is 10.0 Å². The first-order valence-corrected chi connectivity index (χ1v) is 10.2. The molecule has 0 atom stereocenters. The van der Waals surface area contributed by atoms with Gasteiger partial charge in [-0.15, -0.1) is 0 Å². The zero-order chi connectivity index (χ0) is 22.0. The second-order valence-electron chi connectivity index (χ2n) is 6.91. The first-order chi connectivity index (χ1) is 15.0. The number of hydrogen-bond donors (Lipinski definition) is 1. The molecule has 0 aromatic heterocycles. The van der Waals surface area contributed by atoms with Gasteiger partial charge in [-0.05, 0) is 41.5 Å². The fourth-order valence-electron chi connectivity index (χ4n) is 3.40. The molecule has 0 unspecified atom stereocenters. The minimum Gasteiger partial charge on any atom is -0.495 e. The summed E-state index contributed by atoms with van der Waals surface area (Å²) >= 11 is 12.2. The average Bonchev–Trinajstić information content (AvgIpc) is 3.00. The number of methoxy groups -OCH3 is 1. The molecule has 1 aliphatic heterocycles. The van der Waals surface area contributed by atoms with Crippen molar-refractivity contribution in [2.24, 2.45) is 0 Å². The Kier molecular flexibility index (Phi) is 5.98. The molecule has 5 nitrogen and oxygen atoms in total. The molecule has 0 aliphatic carbocycles. The normalized spacial score (nSPS) is 13.7. The highest BCUT2D eigenvalue weighted by atomic mass is 35.5. The van der Waals surface area contributed by atoms with Crippen molar-refractivity contribution in [2.45, 2.75) is 6.54 Å². The Balaban J connectivity index is 1.78. The first kappa shape index (κ1) is 21.0. The Morgan fingerprint density at radius 3 is 2.23 bits per heavy atom. The standard InChI is InChI=1S/C24H18Cl2N2O3/c1-31-20-12-11-18(26)13-19(20)27-22-21(16-7-9-17(25)10-8-16)23(29)28(24(22)30)14-15-5-3-2-4-6-15/h2-13,27H,14H2,1H3. The lowest BCUT2D eigenvalue weighted by Crippen LogP contribution is -2.32. The van der Waals surface area contributed by atoms with E-state index >= 15 is 0 Å². The second-order valence-corrected chi connectivity index (χ2v) is 7.78. The van der Waals surface area contributed by atoms with E-state index in [1.165, 1.54) is 12.0 Å². The van der Waals surface area contributed by atoms with Gasteiger partial charge in [-0.25, -0.2) is 0 Å². The molecule has 0 spiro atoms. The van der Waals surface area contributed by atoms with E-state index in [9.17, 15) is 9.59 Å². The maximum Gasteiger partial charge on any atom is 0.278 e. The number of carbonyl (C=O) groups is 2. The lowest BCUT2D eigenvalue weighted by molar-refractivity contribution is -0.137. The Bertz CT molecular complexity index is 1180. The zero-order valence-corrected chi connectivity index (χ0v) is 18.1. The maximum absolute atomic E-state index is 13.3. The molecule has 156 valence electrons. The van der Waals surface area contributed by atoms with E-state index in [1.807, 2.05) is 30.3 Å². The number of nitrogens with one attached hydrogen (secondary N) is 1. The molecule has 3 aromatic carbocycles. The van der Waals surface area contributed by atoms with Crippen LogP contribution in [0.1, 0.15) is 11.1 Å². The summed E-state index contributed by atoms with van der Waals surface area (Å²) in [5.41, 5.74) is 2.34. The van der Waals surface area contributed by atoms with Gasteiger partial charge in [0.25, 0.3) is 11.8 Å². The summed E-state index contributed by atoms with van der Waals surface area (Å²) in [5.74, 6) is -0.324. The zero-order valence-electron chi connectivity index (χ0n) is 16.6. The van der Waals surface area contributed by atoms with Crippen LogP contribution >= 0.6 is 23.2 Å². The van der Waals surface area contributed by atoms with Crippen LogP contribution in [-0.2, 0) is 16.1 Å². The largest absolute Gasteiger partial charge is 0.495 e. The summed E-state index contributed by atoms with van der Waals surface area (Å²) in [6.07, 6.45) is 0. The van der Waals surface area contributed by atoms with Crippen LogP contribution in [0.4, 0.5) is 5.69 Å². The third kappa shape index (κ3) is 4.29. The molecular formula is C24H18Cl2N2O3. The summed E-state index contributed by atoms with van der Waals surface area (Å²) in [4.78, 5) is 27.9. The monoisotopic (exact) mass is 452 g/mol. The SMILES string of the molecule is COc1ccc(Cl)cc1NC1=C(c2ccc(Cl)cc2)C(=O)N(Cc2ccccc2)C1=O. The molecule has 7 heteroatoms. The minimum absolute atomic E-state index is 0.156. The summed E-state index contributed by atoms with van der Waals surface area (Å²) in [5, 5.41) is 4.09. The van der Waals surface area contributed by atoms with Crippen LogP contribution in [0, 0.1) is 0 Å². The summed E-state index contributed by atoms with van der Waals surface area (Å²) in [7, 11) is 1.52. The summed E-state index contributed by atoms with van der Waals surface area (Å²) in [6, 6.07) is 21.2. The number of rotatable bonds is 6. The predicted molar refractivity (Wildman–Crippen MR) is 122 cm³/mol. The lowest BCUT2D eigenvalue weighted by Gasteiger charge is -2.16. The second kappa shape index (κ2) is 8.84. The van der Waals surface area contributed by atoms with Crippen molar-refractivity contribution in [3.05, 3.63) is 99.7 Å². The molecule has 0 fully saturated rings. The number of amides is 2. The van der Waals surface area contributed by atoms with Crippen molar-refractivity contribution in [1.29, 1.82) is 0 Å². The van der Waals surface area contributed by atoms with E-state index in [0.29, 0.717) is 27.0 Å². The predicted octanol–water partition coefficient (Wildman–Crippen LogP) is 5.39. The van der Waals surface area contributed by atoms with E-state index in [1.54, 1.807) is 42.5 Å². The van der Waals surface area contributed by atoms with Gasteiger partial charge in [0.2, 0.25) is 0 Å². The van der Waals surface area contributed by atoms with Crippen molar-refractivity contribution in [3.63, 3.8) is 0 Å². The van der Waals surface area contributed by atoms with Crippen LogP contribution in [0.5, 0.6) is 5.75 Å². The van der Waals surface area contributed by atoms with Crippen LogP contribution in [0.25, 0.3) is 5.57 Å². The fraction of sp³-hybridized carbons (Fsp3) is 0.0833. The van der Waals surface area contributed by atoms with Crippen molar-refractivity contribution >= 4 is 46.3 Å². The molecule has 0 saturated heterocycles. The van der Waals surface area contributed by atoms with E-state index < -0.39 is 5.91 Å². The molecular weight excluding hydrogens is 435 g/mol. The van der Waals surface area contributed by atoms with Gasteiger partial charge in [0.1, 0.15) is 11.4 Å². The van der Waals surface area contributed by atoms with Gasteiger partial charge in [0, 0.05) is 10.0 Å². The Hall–Kier alpha value is -3.28. The van der Waals surface area contributed by atoms with E-state index in [4.69, 9.17) is 27.9 Å². The molecule has 3 aromatic rings. The number of halogens is 2. The molecule has 31 heavy (non-hydrogen) atoms. The molecule has 1 N–H and O–H groups in total. The van der Waals surface area contributed by atoms with Crippen molar-refractivity contribution in [3.8, 4) is 5.75 Å². The van der Waals surface area contributed by atoms with E-state index in [0.717, 1.165) is 5.56 Å². The number of benzene rings is 3. The summed E-state index contributed by atoms with van der Waals surface area (Å²) < 4.78 is 5.38. The lowest BCUT2D eigenvalue weighted by atomic mass is 10.0. The van der Waals surface area contributed by atoms with Gasteiger partial charge in [0.05, 0.1) is 24.9 Å². The van der Waals surface area contributed by atoms with Gasteiger partial charge < -0.3 is 10.1 Å². The number of imide groups is 1. The topological polar surface area (TPSA) is 58.6 Å². The average molecular weight is 453 g/mol. The smallest absolute Gasteiger partial charge is 0.278 e. The Labute approximate surface area is 189 Å². The van der Waals surface area contributed by atoms with E-state index in [-0.39, 0.29) is 23.7 Å². The number of ether oxygens (including phenoxy) is 1. The molecule has 2 amide bonds. The highest BCUT2D eigenvalue weighted by Crippen LogP contribution is 2.35. The first-order valence-electron chi connectivity index (χ1n) is 9.49. The highest BCUT2D eigenvalue weighted by Gasteiger charge is 2.39. The summed E-state index contributed by atoms with van der Waals surface area (Å²) in [6.45, 7) is 0.160. The van der Waals surface area contributed by atoms with Gasteiger partial charge in [-0.2, -0.15) is 0 Å². The van der Waals surface area contributed by atoms with Gasteiger partial charge >= 0.3 is 0 Å². The van der Waals surface area contributed by atoms with Crippen LogP contribution in [0.3, 0.4) is 0 Å². The molecule has 0 bridgehead atoms. The molecule has 1 aliphatic rings. The number of hydrogen-bond acceptors (Lipinski definition) is 4. The molecule has 0 saturated carbocycles. The van der Waals surface area contributed by atoms with Crippen LogP contribution in [-0.4, -0.2) is 23.8 Å². The molecule has 4 rings (SSSR count). The van der Waals surface area contributed by atoms with Gasteiger partial charge in [-0.3, -0.25) is 14.5 Å². The molecule has 1 heterocycles. The van der Waals surface area contributed by atoms with E-state index in [2.05, 4.69) is 5.32 Å². The Morgan fingerprint density at radius 1 is 0.871 bits per heavy atom. The third-order valence-corrected chi connectivity index (χ3v) is 5.39. The van der Waals surface area contributed by atoms with Crippen molar-refractivity contribution in [2.75, 3.05) is 12.4 Å². The van der Waals surface area contributed by atoms with Crippen LogP contribution < -0.4 is 10.1 Å². The minimum atomic E-state index is -0.430. The highest BCUT2D eigenvalue weighted by molar-refractivity contribution is 6.37. The Morgan fingerprint density at radius 2 is 1.55 bits per heavy atom. The number of nitrogens with zero attached hydrogens (tertiary/aromatic N) is 1. The van der Waals surface area contributed by atoms with Crippen molar-refractivity contribution < 1.29 is 14.3 Å². The third-order valence-electron chi connectivity index (χ3n) is 4.91. The number of carbonyl (C=O) groups excluding carboxylic acids is 2. The molecule has 0 radical (unpaired) electrons. The fourth-order valence-corrected chi connectivity index (χ4v) is 3.70. The maximum atomic E-state index is 13.3. The van der Waals surface area contributed by atoms with Gasteiger partial charge in [0.15, 0.2) is 0 Å². The van der Waals surface area contributed by atoms with Crippen molar-refractivity contribution in [1.82, 2.24) is 4.90 Å². The van der Waals surface area contributed by atoms with Gasteiger partial charge in [-0.1, -0.05) is 65.7 Å². The number of anilines is 1. The quantitative estimate of drug-likeness (QED) is 0.509.